The summed E-state index contributed by atoms with van der Waals surface area (Å²) >= 11 is 0. The van der Waals surface area contributed by atoms with Crippen LogP contribution in [0.15, 0.2) is 54.5 Å². The van der Waals surface area contributed by atoms with Crippen LogP contribution in [-0.2, 0) is 4.79 Å². The molecule has 0 bridgehead atoms. The van der Waals surface area contributed by atoms with Gasteiger partial charge in [0.15, 0.2) is 0 Å². The van der Waals surface area contributed by atoms with Gasteiger partial charge in [0.2, 0.25) is 5.91 Å². The van der Waals surface area contributed by atoms with Gasteiger partial charge in [0.1, 0.15) is 17.3 Å². The zero-order valence-corrected chi connectivity index (χ0v) is 18.8. The van der Waals surface area contributed by atoms with E-state index in [1.54, 1.807) is 19.5 Å². The summed E-state index contributed by atoms with van der Waals surface area (Å²) in [5.74, 6) is 0.937. The molecule has 0 N–H and O–H groups in total. The number of methoxy groups -OCH3 is 1. The molecule has 0 spiro atoms. The van der Waals surface area contributed by atoms with Crippen LogP contribution in [0.1, 0.15) is 42.1 Å². The molecular formula is C26H26FN3O3. The van der Waals surface area contributed by atoms with Gasteiger partial charge >= 0.3 is 0 Å². The van der Waals surface area contributed by atoms with Crippen LogP contribution in [0.4, 0.5) is 4.39 Å². The van der Waals surface area contributed by atoms with Crippen LogP contribution in [-0.4, -0.2) is 40.6 Å². The predicted molar refractivity (Wildman–Crippen MR) is 123 cm³/mol. The number of hydrogen-bond donors (Lipinski definition) is 0. The largest absolute Gasteiger partial charge is 0.495 e. The number of benzene rings is 2. The van der Waals surface area contributed by atoms with Crippen molar-refractivity contribution in [1.82, 2.24) is 14.5 Å². The fraction of sp³-hybridized carbons (Fsp3) is 0.308. The van der Waals surface area contributed by atoms with Crippen LogP contribution in [0.5, 0.6) is 11.5 Å². The molecule has 7 heteroatoms. The van der Waals surface area contributed by atoms with Crippen molar-refractivity contribution in [3.8, 4) is 17.2 Å². The summed E-state index contributed by atoms with van der Waals surface area (Å²) in [6.07, 6.45) is 7.95. The van der Waals surface area contributed by atoms with E-state index in [2.05, 4.69) is 4.98 Å². The van der Waals surface area contributed by atoms with E-state index < -0.39 is 0 Å². The van der Waals surface area contributed by atoms with Crippen molar-refractivity contribution in [2.24, 2.45) is 0 Å². The Labute approximate surface area is 192 Å². The molecule has 3 aromatic rings. The van der Waals surface area contributed by atoms with Gasteiger partial charge in [0.25, 0.3) is 0 Å². The standard InChI is InChI=1S/C26H26FN3O3/c1-17-15-29(16-28-17)23-8-5-18(13-25(23)32-2)12-19-4-3-10-30(26(19)31)22-9-11-33-24-14-20(27)6-7-21(22)24/h5-8,12-16,22H,3-4,9-11H2,1-2H3. The number of aryl methyl sites for hydroxylation is 1. The SMILES string of the molecule is COc1cc(C=C2CCCN(C3CCOc4cc(F)ccc43)C2=O)ccc1-n1cnc(C)c1. The molecule has 1 saturated heterocycles. The van der Waals surface area contributed by atoms with Crippen LogP contribution >= 0.6 is 0 Å². The Morgan fingerprint density at radius 3 is 2.91 bits per heavy atom. The third kappa shape index (κ3) is 4.11. The van der Waals surface area contributed by atoms with Crippen LogP contribution in [0.2, 0.25) is 0 Å². The van der Waals surface area contributed by atoms with E-state index in [4.69, 9.17) is 9.47 Å². The van der Waals surface area contributed by atoms with E-state index in [1.165, 1.54) is 12.1 Å². The molecule has 1 fully saturated rings. The van der Waals surface area contributed by atoms with Crippen molar-refractivity contribution in [2.45, 2.75) is 32.2 Å². The highest BCUT2D eigenvalue weighted by molar-refractivity contribution is 5.99. The van der Waals surface area contributed by atoms with E-state index in [-0.39, 0.29) is 17.8 Å². The number of aromatic nitrogens is 2. The maximum Gasteiger partial charge on any atom is 0.250 e. The van der Waals surface area contributed by atoms with Gasteiger partial charge in [0, 0.05) is 36.4 Å². The topological polar surface area (TPSA) is 56.6 Å². The highest BCUT2D eigenvalue weighted by atomic mass is 19.1. The number of ether oxygens (including phenoxy) is 2. The van der Waals surface area contributed by atoms with Gasteiger partial charge in [-0.05, 0) is 49.6 Å². The Hall–Kier alpha value is -3.61. The molecule has 1 amide bonds. The Kier molecular flexibility index (Phi) is 5.62. The monoisotopic (exact) mass is 447 g/mol. The second kappa shape index (κ2) is 8.73. The molecule has 2 aliphatic heterocycles. The quantitative estimate of drug-likeness (QED) is 0.536. The number of carbonyl (C=O) groups is 1. The first-order valence-corrected chi connectivity index (χ1v) is 11.2. The van der Waals surface area contributed by atoms with Crippen LogP contribution in [0.3, 0.4) is 0 Å². The van der Waals surface area contributed by atoms with Gasteiger partial charge in [-0.3, -0.25) is 4.79 Å². The van der Waals surface area contributed by atoms with Crippen molar-refractivity contribution in [3.05, 3.63) is 77.1 Å². The lowest BCUT2D eigenvalue weighted by molar-refractivity contribution is -0.131. The fourth-order valence-electron chi connectivity index (χ4n) is 4.68. The van der Waals surface area contributed by atoms with Gasteiger partial charge in [-0.15, -0.1) is 0 Å². The first-order chi connectivity index (χ1) is 16.0. The Balaban J connectivity index is 1.43. The number of carbonyl (C=O) groups excluding carboxylic acids is 1. The number of hydrogen-bond acceptors (Lipinski definition) is 4. The molecule has 3 heterocycles. The molecular weight excluding hydrogens is 421 g/mol. The molecule has 170 valence electrons. The summed E-state index contributed by atoms with van der Waals surface area (Å²) < 4.78 is 26.8. The highest BCUT2D eigenvalue weighted by Gasteiger charge is 2.33. The number of rotatable bonds is 4. The smallest absolute Gasteiger partial charge is 0.250 e. The summed E-state index contributed by atoms with van der Waals surface area (Å²) in [6.45, 7) is 3.09. The third-order valence-electron chi connectivity index (χ3n) is 6.27. The second-order valence-corrected chi connectivity index (χ2v) is 8.46. The lowest BCUT2D eigenvalue weighted by Crippen LogP contribution is -2.41. The zero-order chi connectivity index (χ0) is 22.9. The lowest BCUT2D eigenvalue weighted by Gasteiger charge is -2.38. The Morgan fingerprint density at radius 1 is 1.24 bits per heavy atom. The molecule has 33 heavy (non-hydrogen) atoms. The number of nitrogens with zero attached hydrogens (tertiary/aromatic N) is 3. The van der Waals surface area contributed by atoms with Gasteiger partial charge in [-0.1, -0.05) is 12.1 Å². The third-order valence-corrected chi connectivity index (χ3v) is 6.27. The van der Waals surface area contributed by atoms with Crippen molar-refractivity contribution < 1.29 is 18.7 Å². The minimum atomic E-state index is -0.330. The number of fused-ring (bicyclic) bond motifs is 1. The van der Waals surface area contributed by atoms with E-state index in [9.17, 15) is 9.18 Å². The predicted octanol–water partition coefficient (Wildman–Crippen LogP) is 4.86. The fourth-order valence-corrected chi connectivity index (χ4v) is 4.68. The van der Waals surface area contributed by atoms with E-state index >= 15 is 0 Å². The normalized spacial score (nSPS) is 19.4. The van der Waals surface area contributed by atoms with Crippen molar-refractivity contribution in [2.75, 3.05) is 20.3 Å². The van der Waals surface area contributed by atoms with Crippen LogP contribution in [0, 0.1) is 12.7 Å². The first kappa shape index (κ1) is 21.2. The summed E-state index contributed by atoms with van der Waals surface area (Å²) in [5, 5.41) is 0. The average molecular weight is 448 g/mol. The van der Waals surface area contributed by atoms with Gasteiger partial charge in [-0.25, -0.2) is 9.37 Å². The summed E-state index contributed by atoms with van der Waals surface area (Å²) in [5.41, 5.74) is 4.37. The molecule has 1 aromatic heterocycles. The summed E-state index contributed by atoms with van der Waals surface area (Å²) in [7, 11) is 1.64. The highest BCUT2D eigenvalue weighted by Crippen LogP contribution is 2.39. The summed E-state index contributed by atoms with van der Waals surface area (Å²) in [6, 6.07) is 10.4. The minimum Gasteiger partial charge on any atom is -0.495 e. The van der Waals surface area contributed by atoms with E-state index in [0.29, 0.717) is 31.1 Å². The van der Waals surface area contributed by atoms with Crippen LogP contribution < -0.4 is 9.47 Å². The van der Waals surface area contributed by atoms with Gasteiger partial charge in [-0.2, -0.15) is 0 Å². The second-order valence-electron chi connectivity index (χ2n) is 8.46. The van der Waals surface area contributed by atoms with E-state index in [0.717, 1.165) is 40.9 Å². The molecule has 1 unspecified atom stereocenters. The van der Waals surface area contributed by atoms with Crippen molar-refractivity contribution >= 4 is 12.0 Å². The average Bonchev–Trinajstić information content (AvgIpc) is 3.26. The molecule has 5 rings (SSSR count). The number of likely N-dealkylation sites (tertiary alicyclic amines) is 1. The molecule has 1 atom stereocenters. The zero-order valence-electron chi connectivity index (χ0n) is 18.8. The number of halogens is 1. The minimum absolute atomic E-state index is 0.0247. The lowest BCUT2D eigenvalue weighted by atomic mass is 9.93. The number of piperidine rings is 1. The van der Waals surface area contributed by atoms with Crippen molar-refractivity contribution in [1.29, 1.82) is 0 Å². The molecule has 0 aliphatic carbocycles. The Morgan fingerprint density at radius 2 is 2.12 bits per heavy atom. The van der Waals surface area contributed by atoms with Gasteiger partial charge < -0.3 is 18.9 Å². The summed E-state index contributed by atoms with van der Waals surface area (Å²) in [4.78, 5) is 19.6. The maximum atomic E-state index is 13.7. The molecule has 6 nitrogen and oxygen atoms in total. The van der Waals surface area contributed by atoms with Crippen molar-refractivity contribution in [3.63, 3.8) is 0 Å². The molecule has 0 saturated carbocycles. The molecule has 2 aromatic carbocycles. The molecule has 0 radical (unpaired) electrons. The van der Waals surface area contributed by atoms with Gasteiger partial charge in [0.05, 0.1) is 37.5 Å². The first-order valence-electron chi connectivity index (χ1n) is 11.2. The van der Waals surface area contributed by atoms with Crippen LogP contribution in [0.25, 0.3) is 11.8 Å². The maximum absolute atomic E-state index is 13.7. The van der Waals surface area contributed by atoms with E-state index in [1.807, 2.05) is 46.9 Å². The number of imidazole rings is 1. The molecule has 2 aliphatic rings. The number of amides is 1. The Bertz CT molecular complexity index is 1230.